The van der Waals surface area contributed by atoms with Gasteiger partial charge < -0.3 is 31.0 Å². The summed E-state index contributed by atoms with van der Waals surface area (Å²) in [6.07, 6.45) is -0.831. The van der Waals surface area contributed by atoms with Crippen LogP contribution in [0.3, 0.4) is 0 Å². The van der Waals surface area contributed by atoms with Crippen LogP contribution in [0.25, 0.3) is 0 Å². The molecule has 0 bridgehead atoms. The Balaban J connectivity index is 2.05. The third-order valence-electron chi connectivity index (χ3n) is 3.14. The van der Waals surface area contributed by atoms with E-state index in [2.05, 4.69) is 25.3 Å². The fourth-order valence-electron chi connectivity index (χ4n) is 1.89. The lowest BCUT2D eigenvalue weighted by Gasteiger charge is -2.08. The molecule has 0 saturated heterocycles. The highest BCUT2D eigenvalue weighted by molar-refractivity contribution is 5.91. The molecule has 2 aromatic rings. The van der Waals surface area contributed by atoms with E-state index >= 15 is 0 Å². The Morgan fingerprint density at radius 3 is 2.57 bits per heavy atom. The van der Waals surface area contributed by atoms with Gasteiger partial charge in [0.15, 0.2) is 11.6 Å². The molecule has 2 rings (SSSR count). The summed E-state index contributed by atoms with van der Waals surface area (Å²) in [5.74, 6) is 0.278. The first kappa shape index (κ1) is 20.6. The van der Waals surface area contributed by atoms with Crippen LogP contribution < -0.4 is 21.5 Å². The summed E-state index contributed by atoms with van der Waals surface area (Å²) in [5.41, 5.74) is 11.7. The zero-order valence-electron chi connectivity index (χ0n) is 15.1. The number of pyridine rings is 1. The Morgan fingerprint density at radius 2 is 1.86 bits per heavy atom. The van der Waals surface area contributed by atoms with Gasteiger partial charge in [-0.3, -0.25) is 4.79 Å². The Kier molecular flexibility index (Phi) is 7.66. The number of aromatic nitrogens is 1. The Bertz CT molecular complexity index is 858. The molecule has 11 heteroatoms. The van der Waals surface area contributed by atoms with E-state index in [1.165, 1.54) is 6.07 Å². The van der Waals surface area contributed by atoms with Crippen molar-refractivity contribution in [2.24, 2.45) is 16.0 Å². The zero-order chi connectivity index (χ0) is 20.4. The lowest BCUT2D eigenvalue weighted by Crippen LogP contribution is -2.22. The van der Waals surface area contributed by atoms with Gasteiger partial charge in [-0.15, -0.1) is 10.2 Å². The van der Waals surface area contributed by atoms with Crippen LogP contribution in [0.5, 0.6) is 5.75 Å². The first-order valence-corrected chi connectivity index (χ1v) is 8.23. The molecule has 148 valence electrons. The Labute approximate surface area is 160 Å². The number of anilines is 2. The van der Waals surface area contributed by atoms with Crippen molar-refractivity contribution in [3.05, 3.63) is 36.4 Å². The van der Waals surface area contributed by atoms with Crippen LogP contribution in [0.2, 0.25) is 0 Å². The second-order valence-electron chi connectivity index (χ2n) is 5.11. The lowest BCUT2D eigenvalue weighted by molar-refractivity contribution is -0.114. The number of nitrogens with one attached hydrogen (secondary N) is 1. The van der Waals surface area contributed by atoms with Gasteiger partial charge in [0.2, 0.25) is 12.7 Å². The van der Waals surface area contributed by atoms with Gasteiger partial charge >= 0.3 is 6.16 Å². The zero-order valence-corrected chi connectivity index (χ0v) is 15.1. The van der Waals surface area contributed by atoms with E-state index in [0.717, 1.165) is 0 Å². The molecule has 1 aromatic carbocycles. The van der Waals surface area contributed by atoms with Crippen LogP contribution >= 0.6 is 0 Å². The smallest absolute Gasteiger partial charge is 0.455 e. The number of benzene rings is 1. The Hall–Kier alpha value is -3.73. The number of azo groups is 1. The van der Waals surface area contributed by atoms with Gasteiger partial charge in [-0.05, 0) is 31.2 Å². The van der Waals surface area contributed by atoms with Crippen molar-refractivity contribution in [1.29, 1.82) is 0 Å². The van der Waals surface area contributed by atoms with Crippen LogP contribution in [0.15, 0.2) is 46.6 Å². The SMILES string of the molecule is CCOC(=O)OCOc1ccccc1N=Nc1ccc(NC(=O)CN)nc1N. The minimum atomic E-state index is -0.831. The molecule has 0 aliphatic heterocycles. The molecule has 5 N–H and O–H groups in total. The molecule has 28 heavy (non-hydrogen) atoms. The van der Waals surface area contributed by atoms with E-state index in [1.807, 2.05) is 0 Å². The second kappa shape index (κ2) is 10.4. The van der Waals surface area contributed by atoms with E-state index in [9.17, 15) is 9.59 Å². The van der Waals surface area contributed by atoms with Crippen molar-refractivity contribution < 1.29 is 23.8 Å². The Morgan fingerprint density at radius 1 is 1.11 bits per heavy atom. The maximum atomic E-state index is 11.3. The van der Waals surface area contributed by atoms with Crippen LogP contribution in [0.4, 0.5) is 27.8 Å². The first-order chi connectivity index (χ1) is 13.5. The largest absolute Gasteiger partial charge is 0.511 e. The normalized spacial score (nSPS) is 10.5. The predicted octanol–water partition coefficient (Wildman–Crippen LogP) is 2.49. The van der Waals surface area contributed by atoms with Gasteiger partial charge in [0.1, 0.15) is 17.2 Å². The van der Waals surface area contributed by atoms with Crippen molar-refractivity contribution in [2.45, 2.75) is 6.92 Å². The fraction of sp³-hybridized carbons (Fsp3) is 0.235. The average molecular weight is 388 g/mol. The molecule has 0 radical (unpaired) electrons. The van der Waals surface area contributed by atoms with E-state index < -0.39 is 12.1 Å². The summed E-state index contributed by atoms with van der Waals surface area (Å²) in [5, 5.41) is 10.6. The molecule has 1 heterocycles. The molecule has 11 nitrogen and oxygen atoms in total. The van der Waals surface area contributed by atoms with Gasteiger partial charge in [-0.25, -0.2) is 9.78 Å². The van der Waals surface area contributed by atoms with Gasteiger partial charge in [-0.1, -0.05) is 12.1 Å². The quantitative estimate of drug-likeness (QED) is 0.352. The van der Waals surface area contributed by atoms with Crippen molar-refractivity contribution >= 4 is 35.1 Å². The number of hydrogen-bond donors (Lipinski definition) is 3. The minimum absolute atomic E-state index is 0.0719. The third kappa shape index (κ3) is 6.21. The van der Waals surface area contributed by atoms with Gasteiger partial charge in [0, 0.05) is 0 Å². The van der Waals surface area contributed by atoms with E-state index in [1.54, 1.807) is 37.3 Å². The van der Waals surface area contributed by atoms with Gasteiger partial charge in [0.05, 0.1) is 13.2 Å². The number of rotatable bonds is 8. The van der Waals surface area contributed by atoms with Crippen LogP contribution in [0.1, 0.15) is 6.92 Å². The monoisotopic (exact) mass is 388 g/mol. The molecule has 0 aliphatic rings. The molecular formula is C17H20N6O5. The maximum absolute atomic E-state index is 11.3. The van der Waals surface area contributed by atoms with Crippen molar-refractivity contribution in [3.63, 3.8) is 0 Å². The standard InChI is InChI=1S/C17H20N6O5/c1-2-26-17(25)28-10-27-13-6-4-3-5-11(13)22-23-12-7-8-14(21-16(12)19)20-15(24)9-18/h3-8H,2,9-10,18H2,1H3,(H3,19,20,21,24). The molecular weight excluding hydrogens is 368 g/mol. The summed E-state index contributed by atoms with van der Waals surface area (Å²) in [6.45, 7) is 1.36. The number of hydrogen-bond acceptors (Lipinski definition) is 10. The van der Waals surface area contributed by atoms with Crippen LogP contribution in [-0.2, 0) is 14.3 Å². The molecule has 1 aromatic heterocycles. The highest BCUT2D eigenvalue weighted by atomic mass is 16.8. The van der Waals surface area contributed by atoms with E-state index in [-0.39, 0.29) is 31.6 Å². The van der Waals surface area contributed by atoms with Crippen molar-refractivity contribution in [1.82, 2.24) is 4.98 Å². The summed E-state index contributed by atoms with van der Waals surface area (Å²) in [4.78, 5) is 26.5. The summed E-state index contributed by atoms with van der Waals surface area (Å²) < 4.78 is 14.7. The maximum Gasteiger partial charge on any atom is 0.511 e. The number of nitrogens with zero attached hydrogens (tertiary/aromatic N) is 3. The van der Waals surface area contributed by atoms with Gasteiger partial charge in [-0.2, -0.15) is 0 Å². The number of ether oxygens (including phenoxy) is 3. The van der Waals surface area contributed by atoms with Crippen molar-refractivity contribution in [2.75, 3.05) is 31.0 Å². The second-order valence-corrected chi connectivity index (χ2v) is 5.11. The van der Waals surface area contributed by atoms with Crippen LogP contribution in [0, 0.1) is 0 Å². The highest BCUT2D eigenvalue weighted by Gasteiger charge is 2.07. The summed E-state index contributed by atoms with van der Waals surface area (Å²) in [6, 6.07) is 9.82. The topological polar surface area (TPSA) is 164 Å². The molecule has 0 spiro atoms. The molecule has 0 unspecified atom stereocenters. The van der Waals surface area contributed by atoms with E-state index in [0.29, 0.717) is 17.1 Å². The molecule has 1 amide bonds. The number of nitrogen functional groups attached to an aromatic ring is 1. The molecule has 0 saturated carbocycles. The average Bonchev–Trinajstić information content (AvgIpc) is 2.68. The predicted molar refractivity (Wildman–Crippen MR) is 101 cm³/mol. The van der Waals surface area contributed by atoms with Crippen molar-refractivity contribution in [3.8, 4) is 5.75 Å². The number of nitrogens with two attached hydrogens (primary N) is 2. The first-order valence-electron chi connectivity index (χ1n) is 8.23. The number of carbonyl (C=O) groups is 2. The molecule has 0 fully saturated rings. The van der Waals surface area contributed by atoms with Gasteiger partial charge in [0.25, 0.3) is 0 Å². The number of amides is 1. The highest BCUT2D eigenvalue weighted by Crippen LogP contribution is 2.30. The summed E-state index contributed by atoms with van der Waals surface area (Å²) in [7, 11) is 0. The minimum Gasteiger partial charge on any atom is -0.455 e. The molecule has 0 atom stereocenters. The molecule has 0 aliphatic carbocycles. The van der Waals surface area contributed by atoms with Crippen LogP contribution in [-0.4, -0.2) is 37.0 Å². The summed E-state index contributed by atoms with van der Waals surface area (Å²) >= 11 is 0. The third-order valence-corrected chi connectivity index (χ3v) is 3.14. The number of carbonyl (C=O) groups excluding carboxylic acids is 2. The lowest BCUT2D eigenvalue weighted by atomic mass is 10.3. The fourth-order valence-corrected chi connectivity index (χ4v) is 1.89. The van der Waals surface area contributed by atoms with E-state index in [4.69, 9.17) is 20.9 Å². The number of para-hydroxylation sites is 1.